The van der Waals surface area contributed by atoms with E-state index < -0.39 is 0 Å². The molecular formula is C17H16O2. The van der Waals surface area contributed by atoms with Crippen LogP contribution < -0.4 is 0 Å². The highest BCUT2D eigenvalue weighted by atomic mass is 16.7. The molecule has 2 aromatic carbocycles. The van der Waals surface area contributed by atoms with Crippen LogP contribution in [0, 0.1) is 0 Å². The molecule has 2 aromatic rings. The van der Waals surface area contributed by atoms with Crippen molar-refractivity contribution in [2.75, 3.05) is 13.2 Å². The maximum absolute atomic E-state index is 5.81. The van der Waals surface area contributed by atoms with Crippen molar-refractivity contribution in [3.8, 4) is 11.1 Å². The minimum atomic E-state index is -0.125. The Kier molecular flexibility index (Phi) is 2.32. The van der Waals surface area contributed by atoms with Gasteiger partial charge in [0.2, 0.25) is 0 Å². The number of hydrogen-bond acceptors (Lipinski definition) is 2. The predicted octanol–water partition coefficient (Wildman–Crippen LogP) is 3.35. The lowest BCUT2D eigenvalue weighted by atomic mass is 9.79. The van der Waals surface area contributed by atoms with E-state index in [1.807, 2.05) is 6.92 Å². The van der Waals surface area contributed by atoms with E-state index >= 15 is 0 Å². The molecule has 1 aliphatic heterocycles. The van der Waals surface area contributed by atoms with Crippen molar-refractivity contribution in [3.05, 3.63) is 59.7 Å². The van der Waals surface area contributed by atoms with Crippen LogP contribution in [0.5, 0.6) is 0 Å². The molecule has 2 nitrogen and oxygen atoms in total. The fraction of sp³-hybridized carbons (Fsp3) is 0.294. The zero-order valence-electron chi connectivity index (χ0n) is 10.9. The summed E-state index contributed by atoms with van der Waals surface area (Å²) in [6.45, 7) is 3.35. The monoisotopic (exact) mass is 252 g/mol. The van der Waals surface area contributed by atoms with Gasteiger partial charge in [0.05, 0.1) is 18.6 Å². The highest BCUT2D eigenvalue weighted by Crippen LogP contribution is 2.50. The van der Waals surface area contributed by atoms with Crippen molar-refractivity contribution in [1.82, 2.24) is 0 Å². The van der Waals surface area contributed by atoms with Crippen LogP contribution >= 0.6 is 0 Å². The molecule has 0 saturated carbocycles. The zero-order valence-corrected chi connectivity index (χ0v) is 10.9. The van der Waals surface area contributed by atoms with Gasteiger partial charge in [0.15, 0.2) is 6.29 Å². The molecular weight excluding hydrogens is 236 g/mol. The molecule has 0 amide bonds. The Labute approximate surface area is 113 Å². The molecule has 2 heteroatoms. The van der Waals surface area contributed by atoms with Crippen LogP contribution in [0.15, 0.2) is 48.5 Å². The zero-order chi connectivity index (χ0) is 12.9. The van der Waals surface area contributed by atoms with Crippen molar-refractivity contribution in [2.24, 2.45) is 0 Å². The van der Waals surface area contributed by atoms with E-state index in [2.05, 4.69) is 48.5 Å². The van der Waals surface area contributed by atoms with E-state index in [-0.39, 0.29) is 11.7 Å². The van der Waals surface area contributed by atoms with Crippen LogP contribution in [0.1, 0.15) is 18.1 Å². The van der Waals surface area contributed by atoms with Crippen LogP contribution in [-0.2, 0) is 14.9 Å². The van der Waals surface area contributed by atoms with Crippen LogP contribution in [0.3, 0.4) is 0 Å². The molecule has 0 aromatic heterocycles. The predicted molar refractivity (Wildman–Crippen MR) is 74.0 cm³/mol. The first-order valence-corrected chi connectivity index (χ1v) is 6.74. The summed E-state index contributed by atoms with van der Waals surface area (Å²) in [4.78, 5) is 0. The van der Waals surface area contributed by atoms with Crippen molar-refractivity contribution < 1.29 is 9.47 Å². The third-order valence-electron chi connectivity index (χ3n) is 4.30. The molecule has 2 aliphatic rings. The molecule has 1 aliphatic carbocycles. The Balaban J connectivity index is 1.96. The van der Waals surface area contributed by atoms with Crippen LogP contribution in [-0.4, -0.2) is 19.5 Å². The Morgan fingerprint density at radius 1 is 0.842 bits per heavy atom. The first-order valence-electron chi connectivity index (χ1n) is 6.74. The summed E-state index contributed by atoms with van der Waals surface area (Å²) in [5.41, 5.74) is 5.19. The molecule has 19 heavy (non-hydrogen) atoms. The van der Waals surface area contributed by atoms with E-state index in [0.717, 1.165) is 0 Å². The summed E-state index contributed by atoms with van der Waals surface area (Å²) in [6, 6.07) is 17.2. The van der Waals surface area contributed by atoms with Gasteiger partial charge in [0.1, 0.15) is 0 Å². The summed E-state index contributed by atoms with van der Waals surface area (Å²) in [7, 11) is 0. The highest BCUT2D eigenvalue weighted by molar-refractivity contribution is 5.81. The Morgan fingerprint density at radius 3 is 1.84 bits per heavy atom. The highest BCUT2D eigenvalue weighted by Gasteiger charge is 2.46. The topological polar surface area (TPSA) is 18.5 Å². The lowest BCUT2D eigenvalue weighted by Gasteiger charge is -2.37. The van der Waals surface area contributed by atoms with E-state index in [1.54, 1.807) is 0 Å². The van der Waals surface area contributed by atoms with Gasteiger partial charge in [0.25, 0.3) is 0 Å². The molecule has 1 heterocycles. The third kappa shape index (κ3) is 1.44. The van der Waals surface area contributed by atoms with Crippen LogP contribution in [0.2, 0.25) is 0 Å². The van der Waals surface area contributed by atoms with Crippen molar-refractivity contribution >= 4 is 0 Å². The summed E-state index contributed by atoms with van der Waals surface area (Å²) >= 11 is 0. The summed E-state index contributed by atoms with van der Waals surface area (Å²) in [5, 5.41) is 0. The SMILES string of the molecule is CC1OCC2(CO1)c1ccccc1-c1ccccc12. The number of benzene rings is 2. The standard InChI is InChI=1S/C17H16O2/c1-12-18-10-17(11-19-12)15-8-4-2-6-13(15)14-7-3-5-9-16(14)17/h2-9,12H,10-11H2,1H3. The lowest BCUT2D eigenvalue weighted by molar-refractivity contribution is -0.191. The van der Waals surface area contributed by atoms with E-state index in [1.165, 1.54) is 22.3 Å². The van der Waals surface area contributed by atoms with E-state index in [0.29, 0.717) is 13.2 Å². The fourth-order valence-electron chi connectivity index (χ4n) is 3.34. The Morgan fingerprint density at radius 2 is 1.32 bits per heavy atom. The second-order valence-corrected chi connectivity index (χ2v) is 5.36. The number of ether oxygens (including phenoxy) is 2. The quantitative estimate of drug-likeness (QED) is 0.716. The molecule has 0 N–H and O–H groups in total. The van der Waals surface area contributed by atoms with Gasteiger partial charge in [-0.05, 0) is 29.2 Å². The van der Waals surface area contributed by atoms with Gasteiger partial charge < -0.3 is 9.47 Å². The third-order valence-corrected chi connectivity index (χ3v) is 4.30. The first-order chi connectivity index (χ1) is 9.31. The van der Waals surface area contributed by atoms with E-state index in [9.17, 15) is 0 Å². The summed E-state index contributed by atoms with van der Waals surface area (Å²) in [6.07, 6.45) is -0.106. The van der Waals surface area contributed by atoms with Gasteiger partial charge >= 0.3 is 0 Å². The number of fused-ring (bicyclic) bond motifs is 5. The van der Waals surface area contributed by atoms with E-state index in [4.69, 9.17) is 9.47 Å². The number of rotatable bonds is 0. The van der Waals surface area contributed by atoms with Crippen LogP contribution in [0.4, 0.5) is 0 Å². The van der Waals surface area contributed by atoms with Gasteiger partial charge in [-0.1, -0.05) is 48.5 Å². The largest absolute Gasteiger partial charge is 0.352 e. The molecule has 1 spiro atoms. The maximum Gasteiger partial charge on any atom is 0.154 e. The van der Waals surface area contributed by atoms with Gasteiger partial charge in [-0.25, -0.2) is 0 Å². The van der Waals surface area contributed by atoms with Crippen molar-refractivity contribution in [3.63, 3.8) is 0 Å². The molecule has 0 atom stereocenters. The second-order valence-electron chi connectivity index (χ2n) is 5.36. The molecule has 1 saturated heterocycles. The smallest absolute Gasteiger partial charge is 0.154 e. The summed E-state index contributed by atoms with van der Waals surface area (Å²) < 4.78 is 11.6. The molecule has 0 radical (unpaired) electrons. The van der Waals surface area contributed by atoms with Gasteiger partial charge in [0, 0.05) is 0 Å². The van der Waals surface area contributed by atoms with Crippen LogP contribution in [0.25, 0.3) is 11.1 Å². The Hall–Kier alpha value is -1.64. The molecule has 1 fully saturated rings. The van der Waals surface area contributed by atoms with Crippen molar-refractivity contribution in [1.29, 1.82) is 0 Å². The second kappa shape index (κ2) is 3.92. The minimum Gasteiger partial charge on any atom is -0.352 e. The molecule has 0 bridgehead atoms. The normalized spacial score (nSPS) is 20.3. The first kappa shape index (κ1) is 11.2. The van der Waals surface area contributed by atoms with Gasteiger partial charge in [-0.2, -0.15) is 0 Å². The Bertz CT molecular complexity index is 577. The fourth-order valence-corrected chi connectivity index (χ4v) is 3.34. The molecule has 4 rings (SSSR count). The molecule has 0 unspecified atom stereocenters. The van der Waals surface area contributed by atoms with Gasteiger partial charge in [-0.3, -0.25) is 0 Å². The minimum absolute atomic E-state index is 0.106. The molecule has 96 valence electrons. The summed E-state index contributed by atoms with van der Waals surface area (Å²) in [5.74, 6) is 0. The average Bonchev–Trinajstić information content (AvgIpc) is 2.74. The van der Waals surface area contributed by atoms with Gasteiger partial charge in [-0.15, -0.1) is 0 Å². The lowest BCUT2D eigenvalue weighted by Crippen LogP contribution is -2.43. The van der Waals surface area contributed by atoms with Crippen molar-refractivity contribution in [2.45, 2.75) is 18.6 Å². The average molecular weight is 252 g/mol. The maximum atomic E-state index is 5.81. The number of hydrogen-bond donors (Lipinski definition) is 0.